The molecular weight excluding hydrogens is 405 g/mol. The topological polar surface area (TPSA) is 78.8 Å². The van der Waals surface area contributed by atoms with E-state index in [0.717, 1.165) is 6.07 Å². The lowest BCUT2D eigenvalue weighted by molar-refractivity contribution is 0.102. The van der Waals surface area contributed by atoms with Crippen LogP contribution >= 0.6 is 11.6 Å². The first-order valence-electron chi connectivity index (χ1n) is 8.58. The van der Waals surface area contributed by atoms with Crippen molar-refractivity contribution in [3.8, 4) is 0 Å². The number of hydrogen-bond acceptors (Lipinski definition) is 4. The van der Waals surface area contributed by atoms with E-state index in [-0.39, 0.29) is 21.4 Å². The number of rotatable bonds is 4. The Morgan fingerprint density at radius 2 is 1.96 bits per heavy atom. The summed E-state index contributed by atoms with van der Waals surface area (Å²) in [6.07, 6.45) is 0. The summed E-state index contributed by atoms with van der Waals surface area (Å²) in [6, 6.07) is 8.22. The number of hydrogen-bond donors (Lipinski definition) is 1. The number of sulfonamides is 1. The smallest absolute Gasteiger partial charge is 0.286 e. The molecule has 0 radical (unpaired) electrons. The third-order valence-corrected chi connectivity index (χ3v) is 5.84. The van der Waals surface area contributed by atoms with Crippen molar-refractivity contribution in [2.45, 2.75) is 25.7 Å². The molecule has 1 heterocycles. The molecule has 9 heteroatoms. The van der Waals surface area contributed by atoms with Gasteiger partial charge in [-0.15, -0.1) is 4.40 Å². The summed E-state index contributed by atoms with van der Waals surface area (Å²) in [7, 11) is -3.91. The van der Waals surface area contributed by atoms with Gasteiger partial charge in [-0.05, 0) is 49.2 Å². The molecule has 0 unspecified atom stereocenters. The summed E-state index contributed by atoms with van der Waals surface area (Å²) in [5.41, 5.74) is 0.928. The second-order valence-electron chi connectivity index (χ2n) is 6.88. The Hall–Kier alpha value is -2.45. The zero-order chi connectivity index (χ0) is 20.6. The fraction of sp³-hybridized carbons (Fsp3) is 0.263. The summed E-state index contributed by atoms with van der Waals surface area (Å²) in [6.45, 7) is 6.27. The maximum absolute atomic E-state index is 13.3. The lowest BCUT2D eigenvalue weighted by Gasteiger charge is -2.30. The van der Waals surface area contributed by atoms with Crippen molar-refractivity contribution < 1.29 is 17.6 Å². The molecule has 0 aliphatic carbocycles. The van der Waals surface area contributed by atoms with Crippen molar-refractivity contribution >= 4 is 44.7 Å². The molecule has 0 spiro atoms. The Balaban J connectivity index is 1.96. The normalized spacial score (nSPS) is 15.2. The van der Waals surface area contributed by atoms with Gasteiger partial charge in [0.15, 0.2) is 0 Å². The lowest BCUT2D eigenvalue weighted by atomic mass is 10.1. The van der Waals surface area contributed by atoms with Gasteiger partial charge in [-0.25, -0.2) is 4.39 Å². The number of nitrogens with one attached hydrogen (secondary N) is 1. The number of carbonyl (C=O) groups is 1. The quantitative estimate of drug-likeness (QED) is 0.794. The number of anilines is 2. The predicted octanol–water partition coefficient (Wildman–Crippen LogP) is 4.31. The zero-order valence-corrected chi connectivity index (χ0v) is 17.1. The van der Waals surface area contributed by atoms with Crippen LogP contribution in [0.4, 0.5) is 15.8 Å². The SMILES string of the molecule is CC1=NS(=O)(=O)c2cc(C(=O)Nc3ccc(F)c(Cl)c3)ccc2N1CC(C)C. The minimum atomic E-state index is -3.91. The molecule has 0 saturated heterocycles. The average molecular weight is 424 g/mol. The van der Waals surface area contributed by atoms with Gasteiger partial charge in [0.05, 0.1) is 10.7 Å². The summed E-state index contributed by atoms with van der Waals surface area (Å²) in [5, 5.41) is 2.45. The van der Waals surface area contributed by atoms with Crippen LogP contribution in [0.15, 0.2) is 45.7 Å². The van der Waals surface area contributed by atoms with Crippen molar-refractivity contribution in [1.29, 1.82) is 0 Å². The molecule has 1 N–H and O–H groups in total. The van der Waals surface area contributed by atoms with Gasteiger partial charge in [-0.2, -0.15) is 8.42 Å². The van der Waals surface area contributed by atoms with E-state index in [0.29, 0.717) is 23.8 Å². The number of carbonyl (C=O) groups excluding carboxylic acids is 1. The molecule has 2 aromatic rings. The van der Waals surface area contributed by atoms with Crippen LogP contribution in [-0.4, -0.2) is 26.7 Å². The van der Waals surface area contributed by atoms with Gasteiger partial charge in [0.1, 0.15) is 16.5 Å². The van der Waals surface area contributed by atoms with Crippen LogP contribution in [0.5, 0.6) is 0 Å². The number of halogens is 2. The van der Waals surface area contributed by atoms with Crippen molar-refractivity contribution in [1.82, 2.24) is 0 Å². The first kappa shape index (κ1) is 20.3. The number of benzene rings is 2. The van der Waals surface area contributed by atoms with Gasteiger partial charge >= 0.3 is 0 Å². The highest BCUT2D eigenvalue weighted by atomic mass is 35.5. The third kappa shape index (κ3) is 4.02. The average Bonchev–Trinajstić information content (AvgIpc) is 2.61. The molecule has 6 nitrogen and oxygen atoms in total. The van der Waals surface area contributed by atoms with Crippen molar-refractivity contribution in [2.75, 3.05) is 16.8 Å². The molecular formula is C19H19ClFN3O3S. The standard InChI is InChI=1S/C19H19ClFN3O3S/c1-11(2)10-24-12(3)23-28(26,27)18-8-13(4-7-17(18)24)19(25)22-14-5-6-16(21)15(20)9-14/h4-9,11H,10H2,1-3H3,(H,22,25). The maximum atomic E-state index is 13.3. The Labute approximate surface area is 168 Å². The van der Waals surface area contributed by atoms with Gasteiger partial charge in [-0.3, -0.25) is 4.79 Å². The molecule has 0 aromatic heterocycles. The first-order chi connectivity index (χ1) is 13.1. The van der Waals surface area contributed by atoms with Crippen molar-refractivity contribution in [3.63, 3.8) is 0 Å². The van der Waals surface area contributed by atoms with E-state index in [2.05, 4.69) is 9.71 Å². The van der Waals surface area contributed by atoms with E-state index < -0.39 is 21.7 Å². The summed E-state index contributed by atoms with van der Waals surface area (Å²) in [5.74, 6) is -0.468. The van der Waals surface area contributed by atoms with Crippen LogP contribution in [0.1, 0.15) is 31.1 Å². The molecule has 148 valence electrons. The number of amidine groups is 1. The molecule has 0 bridgehead atoms. The van der Waals surface area contributed by atoms with Crippen molar-refractivity contribution in [3.05, 3.63) is 52.8 Å². The molecule has 2 aromatic carbocycles. The minimum absolute atomic E-state index is 0.0245. The molecule has 0 fully saturated rings. The summed E-state index contributed by atoms with van der Waals surface area (Å²) < 4.78 is 42.1. The molecule has 1 aliphatic rings. The zero-order valence-electron chi connectivity index (χ0n) is 15.5. The van der Waals surface area contributed by atoms with Crippen molar-refractivity contribution in [2.24, 2.45) is 10.3 Å². The van der Waals surface area contributed by atoms with E-state index in [1.54, 1.807) is 19.1 Å². The highest BCUT2D eigenvalue weighted by Gasteiger charge is 2.30. The van der Waals surface area contributed by atoms with Crippen LogP contribution in [0.3, 0.4) is 0 Å². The fourth-order valence-corrected chi connectivity index (χ4v) is 4.35. The fourth-order valence-electron chi connectivity index (χ4n) is 2.90. The van der Waals surface area contributed by atoms with Crippen LogP contribution in [0, 0.1) is 11.7 Å². The van der Waals surface area contributed by atoms with Gasteiger partial charge in [0.2, 0.25) is 0 Å². The number of amides is 1. The Kier molecular flexibility index (Phi) is 5.45. The van der Waals surface area contributed by atoms with Gasteiger partial charge in [0.25, 0.3) is 15.9 Å². The maximum Gasteiger partial charge on any atom is 0.286 e. The Bertz CT molecular complexity index is 1080. The van der Waals surface area contributed by atoms with E-state index in [1.165, 1.54) is 18.2 Å². The molecule has 1 amide bonds. The predicted molar refractivity (Wildman–Crippen MR) is 108 cm³/mol. The first-order valence-corrected chi connectivity index (χ1v) is 10.4. The van der Waals surface area contributed by atoms with Gasteiger partial charge in [0, 0.05) is 17.8 Å². The molecule has 28 heavy (non-hydrogen) atoms. The minimum Gasteiger partial charge on any atom is -0.328 e. The number of fused-ring (bicyclic) bond motifs is 1. The van der Waals surface area contributed by atoms with E-state index in [9.17, 15) is 17.6 Å². The molecule has 0 atom stereocenters. The van der Waals surface area contributed by atoms with E-state index >= 15 is 0 Å². The highest BCUT2D eigenvalue weighted by molar-refractivity contribution is 7.90. The second kappa shape index (κ2) is 7.52. The lowest BCUT2D eigenvalue weighted by Crippen LogP contribution is -2.36. The monoisotopic (exact) mass is 423 g/mol. The summed E-state index contributed by atoms with van der Waals surface area (Å²) >= 11 is 5.72. The third-order valence-electron chi connectivity index (χ3n) is 4.16. The highest BCUT2D eigenvalue weighted by Crippen LogP contribution is 2.33. The van der Waals surface area contributed by atoms with Crippen LogP contribution < -0.4 is 10.2 Å². The van der Waals surface area contributed by atoms with E-state index in [4.69, 9.17) is 11.6 Å². The van der Waals surface area contributed by atoms with Crippen LogP contribution in [-0.2, 0) is 10.0 Å². The van der Waals surface area contributed by atoms with Gasteiger partial charge < -0.3 is 10.2 Å². The van der Waals surface area contributed by atoms with Crippen LogP contribution in [0.2, 0.25) is 5.02 Å². The largest absolute Gasteiger partial charge is 0.328 e. The second-order valence-corrected chi connectivity index (χ2v) is 8.86. The number of nitrogens with zero attached hydrogens (tertiary/aromatic N) is 2. The summed E-state index contributed by atoms with van der Waals surface area (Å²) in [4.78, 5) is 14.3. The van der Waals surface area contributed by atoms with Crippen LogP contribution in [0.25, 0.3) is 0 Å². The molecule has 0 saturated carbocycles. The van der Waals surface area contributed by atoms with Gasteiger partial charge in [-0.1, -0.05) is 25.4 Å². The van der Waals surface area contributed by atoms with E-state index in [1.807, 2.05) is 18.7 Å². The Morgan fingerprint density at radius 1 is 1.25 bits per heavy atom. The Morgan fingerprint density at radius 3 is 2.61 bits per heavy atom. The molecule has 3 rings (SSSR count). The molecule has 1 aliphatic heterocycles.